The lowest BCUT2D eigenvalue weighted by molar-refractivity contribution is 0.607. The molecule has 0 bridgehead atoms. The smallest absolute Gasteiger partial charge is 0.0553 e. The number of nitrogens with one attached hydrogen (secondary N) is 1. The molecule has 0 aliphatic rings. The minimum absolute atomic E-state index is 0.261. The topological polar surface area (TPSA) is 38.0 Å². The molecule has 0 fully saturated rings. The first kappa shape index (κ1) is 13.6. The van der Waals surface area contributed by atoms with Crippen LogP contribution < -0.4 is 11.3 Å². The van der Waals surface area contributed by atoms with Gasteiger partial charge >= 0.3 is 0 Å². The van der Waals surface area contributed by atoms with Crippen LogP contribution in [0.15, 0.2) is 18.2 Å². The zero-order chi connectivity index (χ0) is 12.0. The quantitative estimate of drug-likeness (QED) is 0.454. The second-order valence-corrected chi connectivity index (χ2v) is 5.23. The van der Waals surface area contributed by atoms with Crippen molar-refractivity contribution in [3.8, 4) is 0 Å². The summed E-state index contributed by atoms with van der Waals surface area (Å²) in [5.74, 6) is 7.88. The predicted octanol–water partition coefficient (Wildman–Crippen LogP) is 2.95. The van der Waals surface area contributed by atoms with Gasteiger partial charge in [0.1, 0.15) is 0 Å². The summed E-state index contributed by atoms with van der Waals surface area (Å²) >= 11 is 1.95. The van der Waals surface area contributed by atoms with E-state index < -0.39 is 0 Å². The van der Waals surface area contributed by atoms with Gasteiger partial charge in [0.2, 0.25) is 0 Å². The maximum atomic E-state index is 5.64. The fourth-order valence-corrected chi connectivity index (χ4v) is 2.69. The van der Waals surface area contributed by atoms with Crippen molar-refractivity contribution in [2.45, 2.75) is 33.2 Å². The van der Waals surface area contributed by atoms with E-state index in [0.29, 0.717) is 0 Å². The summed E-state index contributed by atoms with van der Waals surface area (Å²) in [4.78, 5) is 0. The van der Waals surface area contributed by atoms with Crippen molar-refractivity contribution in [3.63, 3.8) is 0 Å². The molecule has 1 aromatic carbocycles. The number of nitrogens with two attached hydrogens (primary N) is 1. The van der Waals surface area contributed by atoms with Crippen molar-refractivity contribution in [2.24, 2.45) is 5.84 Å². The first-order valence-electron chi connectivity index (χ1n) is 5.80. The third kappa shape index (κ3) is 3.51. The highest BCUT2D eigenvalue weighted by Gasteiger charge is 2.12. The SMILES string of the molecule is CCCSCC(NN)c1cccc(C)c1C. The Morgan fingerprint density at radius 2 is 2.12 bits per heavy atom. The fraction of sp³-hybridized carbons (Fsp3) is 0.538. The second-order valence-electron chi connectivity index (χ2n) is 4.08. The van der Waals surface area contributed by atoms with Crippen LogP contribution in [-0.2, 0) is 0 Å². The second kappa shape index (κ2) is 6.94. The average Bonchev–Trinajstić information content (AvgIpc) is 2.29. The van der Waals surface area contributed by atoms with Crippen molar-refractivity contribution in [1.29, 1.82) is 0 Å². The number of hydrazine groups is 1. The standard InChI is InChI=1S/C13H22N2S/c1-4-8-16-9-13(15-14)12-7-5-6-10(2)11(12)3/h5-7,13,15H,4,8-9,14H2,1-3H3. The molecule has 1 atom stereocenters. The number of benzene rings is 1. The Morgan fingerprint density at radius 1 is 1.38 bits per heavy atom. The highest BCUT2D eigenvalue weighted by Crippen LogP contribution is 2.23. The van der Waals surface area contributed by atoms with Gasteiger partial charge in [-0.15, -0.1) is 0 Å². The van der Waals surface area contributed by atoms with Crippen molar-refractivity contribution in [1.82, 2.24) is 5.43 Å². The van der Waals surface area contributed by atoms with Gasteiger partial charge in [-0.2, -0.15) is 11.8 Å². The molecule has 0 radical (unpaired) electrons. The summed E-state index contributed by atoms with van der Waals surface area (Å²) in [5.41, 5.74) is 6.93. The highest BCUT2D eigenvalue weighted by molar-refractivity contribution is 7.99. The number of thioether (sulfide) groups is 1. The van der Waals surface area contributed by atoms with Gasteiger partial charge in [-0.25, -0.2) is 0 Å². The minimum atomic E-state index is 0.261. The molecule has 1 aromatic rings. The molecule has 0 aliphatic heterocycles. The molecule has 0 saturated heterocycles. The van der Waals surface area contributed by atoms with Crippen LogP contribution in [0.4, 0.5) is 0 Å². The van der Waals surface area contributed by atoms with Crippen molar-refractivity contribution in [2.75, 3.05) is 11.5 Å². The van der Waals surface area contributed by atoms with E-state index >= 15 is 0 Å². The van der Waals surface area contributed by atoms with Crippen molar-refractivity contribution in [3.05, 3.63) is 34.9 Å². The van der Waals surface area contributed by atoms with E-state index in [4.69, 9.17) is 5.84 Å². The Bertz CT molecular complexity index is 326. The molecule has 1 unspecified atom stereocenters. The highest BCUT2D eigenvalue weighted by atomic mass is 32.2. The Balaban J connectivity index is 2.74. The van der Waals surface area contributed by atoms with Crippen LogP contribution in [0, 0.1) is 13.8 Å². The third-order valence-electron chi connectivity index (χ3n) is 2.86. The van der Waals surface area contributed by atoms with Gasteiger partial charge < -0.3 is 0 Å². The van der Waals surface area contributed by atoms with Crippen LogP contribution >= 0.6 is 11.8 Å². The van der Waals surface area contributed by atoms with Gasteiger partial charge in [0.05, 0.1) is 6.04 Å². The maximum Gasteiger partial charge on any atom is 0.0553 e. The molecule has 0 spiro atoms. The van der Waals surface area contributed by atoms with Gasteiger partial charge in [0.15, 0.2) is 0 Å². The molecule has 2 nitrogen and oxygen atoms in total. The average molecular weight is 238 g/mol. The zero-order valence-corrected chi connectivity index (χ0v) is 11.2. The van der Waals surface area contributed by atoms with Gasteiger partial charge in [0.25, 0.3) is 0 Å². The van der Waals surface area contributed by atoms with Gasteiger partial charge in [-0.05, 0) is 42.7 Å². The molecule has 0 aromatic heterocycles. The molecular weight excluding hydrogens is 216 g/mol. The van der Waals surface area contributed by atoms with Crippen molar-refractivity contribution >= 4 is 11.8 Å². The van der Waals surface area contributed by atoms with Crippen LogP contribution in [0.5, 0.6) is 0 Å². The number of rotatable bonds is 6. The zero-order valence-electron chi connectivity index (χ0n) is 10.4. The molecule has 90 valence electrons. The van der Waals surface area contributed by atoms with Gasteiger partial charge in [0, 0.05) is 5.75 Å². The van der Waals surface area contributed by atoms with E-state index in [0.717, 1.165) is 5.75 Å². The molecule has 0 amide bonds. The van der Waals surface area contributed by atoms with E-state index in [9.17, 15) is 0 Å². The van der Waals surface area contributed by atoms with Crippen LogP contribution in [0.2, 0.25) is 0 Å². The molecular formula is C13H22N2S. The molecule has 0 aliphatic carbocycles. The lowest BCUT2D eigenvalue weighted by Crippen LogP contribution is -2.30. The van der Waals surface area contributed by atoms with Gasteiger partial charge in [-0.3, -0.25) is 11.3 Å². The number of hydrogen-bond donors (Lipinski definition) is 2. The van der Waals surface area contributed by atoms with E-state index in [1.54, 1.807) is 0 Å². The van der Waals surface area contributed by atoms with Crippen LogP contribution in [0.1, 0.15) is 36.1 Å². The molecule has 0 heterocycles. The number of hydrogen-bond acceptors (Lipinski definition) is 3. The Morgan fingerprint density at radius 3 is 2.75 bits per heavy atom. The molecule has 3 N–H and O–H groups in total. The third-order valence-corrected chi connectivity index (χ3v) is 4.12. The summed E-state index contributed by atoms with van der Waals surface area (Å²) in [7, 11) is 0. The summed E-state index contributed by atoms with van der Waals surface area (Å²) in [5, 5.41) is 0. The Labute approximate surface area is 103 Å². The van der Waals surface area contributed by atoms with E-state index in [-0.39, 0.29) is 6.04 Å². The monoisotopic (exact) mass is 238 g/mol. The lowest BCUT2D eigenvalue weighted by Gasteiger charge is -2.19. The molecule has 0 saturated carbocycles. The lowest BCUT2D eigenvalue weighted by atomic mass is 9.99. The minimum Gasteiger partial charge on any atom is -0.271 e. The van der Waals surface area contributed by atoms with E-state index in [1.807, 2.05) is 11.8 Å². The van der Waals surface area contributed by atoms with Crippen LogP contribution in [0.3, 0.4) is 0 Å². The number of aryl methyl sites for hydroxylation is 1. The molecule has 1 rings (SSSR count). The summed E-state index contributed by atoms with van der Waals surface area (Å²) in [6, 6.07) is 6.67. The first-order chi connectivity index (χ1) is 7.70. The summed E-state index contributed by atoms with van der Waals surface area (Å²) in [6.45, 7) is 6.51. The Hall–Kier alpha value is -0.510. The van der Waals surface area contributed by atoms with Crippen LogP contribution in [0.25, 0.3) is 0 Å². The Kier molecular flexibility index (Phi) is 5.88. The van der Waals surface area contributed by atoms with E-state index in [2.05, 4.69) is 44.4 Å². The normalized spacial score (nSPS) is 12.8. The largest absolute Gasteiger partial charge is 0.271 e. The van der Waals surface area contributed by atoms with E-state index in [1.165, 1.54) is 28.9 Å². The first-order valence-corrected chi connectivity index (χ1v) is 6.96. The maximum absolute atomic E-state index is 5.64. The fourth-order valence-electron chi connectivity index (χ4n) is 1.72. The summed E-state index contributed by atoms with van der Waals surface area (Å²) in [6.07, 6.45) is 1.22. The molecule has 16 heavy (non-hydrogen) atoms. The van der Waals surface area contributed by atoms with Gasteiger partial charge in [-0.1, -0.05) is 25.1 Å². The van der Waals surface area contributed by atoms with Crippen molar-refractivity contribution < 1.29 is 0 Å². The molecule has 3 heteroatoms. The predicted molar refractivity (Wildman–Crippen MR) is 73.6 cm³/mol. The van der Waals surface area contributed by atoms with Crippen LogP contribution in [-0.4, -0.2) is 11.5 Å². The summed E-state index contributed by atoms with van der Waals surface area (Å²) < 4.78 is 0.